The Hall–Kier alpha value is -2.15. The number of rotatable bonds is 4. The Morgan fingerprint density at radius 1 is 1.46 bits per heavy atom. The molecule has 0 spiro atoms. The number of carbonyl (C=O) groups excluding carboxylic acids is 2. The summed E-state index contributed by atoms with van der Waals surface area (Å²) in [5, 5.41) is 7.20. The van der Waals surface area contributed by atoms with E-state index < -0.39 is 6.04 Å². The van der Waals surface area contributed by atoms with Gasteiger partial charge in [0.2, 0.25) is 5.91 Å². The van der Waals surface area contributed by atoms with Crippen molar-refractivity contribution in [3.8, 4) is 0 Å². The van der Waals surface area contributed by atoms with E-state index in [-0.39, 0.29) is 23.8 Å². The highest BCUT2D eigenvalue weighted by molar-refractivity contribution is 5.99. The molecular formula is C17H24N4O3. The van der Waals surface area contributed by atoms with Crippen molar-refractivity contribution in [2.24, 2.45) is 13.0 Å². The van der Waals surface area contributed by atoms with Gasteiger partial charge in [0.15, 0.2) is 5.82 Å². The number of nitrogens with zero attached hydrogens (tertiary/aromatic N) is 3. The highest BCUT2D eigenvalue weighted by atomic mass is 16.5. The monoisotopic (exact) mass is 332 g/mol. The quantitative estimate of drug-likeness (QED) is 0.835. The fraction of sp³-hybridized carbons (Fsp3) is 0.588. The lowest BCUT2D eigenvalue weighted by molar-refractivity contribution is -0.131. The van der Waals surface area contributed by atoms with Crippen LogP contribution >= 0.6 is 0 Å². The predicted molar refractivity (Wildman–Crippen MR) is 89.4 cm³/mol. The zero-order valence-corrected chi connectivity index (χ0v) is 14.2. The number of hydrogen-bond acceptors (Lipinski definition) is 4. The number of nitrogens with one attached hydrogen (secondary N) is 1. The summed E-state index contributed by atoms with van der Waals surface area (Å²) in [7, 11) is 1.81. The van der Waals surface area contributed by atoms with Gasteiger partial charge in [-0.1, -0.05) is 12.2 Å². The average molecular weight is 332 g/mol. The molecule has 0 bridgehead atoms. The van der Waals surface area contributed by atoms with Crippen molar-refractivity contribution < 1.29 is 14.3 Å². The van der Waals surface area contributed by atoms with Crippen molar-refractivity contribution in [2.75, 3.05) is 18.1 Å². The minimum atomic E-state index is -0.500. The molecule has 3 atom stereocenters. The Labute approximate surface area is 141 Å². The molecule has 2 amide bonds. The van der Waals surface area contributed by atoms with Crippen LogP contribution in [0.1, 0.15) is 26.2 Å². The Morgan fingerprint density at radius 2 is 2.25 bits per heavy atom. The lowest BCUT2D eigenvalue weighted by Crippen LogP contribution is -2.54. The van der Waals surface area contributed by atoms with Crippen molar-refractivity contribution in [3.63, 3.8) is 0 Å². The van der Waals surface area contributed by atoms with Crippen LogP contribution in [0.4, 0.5) is 5.82 Å². The lowest BCUT2D eigenvalue weighted by atomic mass is 9.95. The first-order chi connectivity index (χ1) is 11.5. The summed E-state index contributed by atoms with van der Waals surface area (Å²) in [4.78, 5) is 27.0. The molecule has 2 aliphatic heterocycles. The average Bonchev–Trinajstić information content (AvgIpc) is 3.18. The van der Waals surface area contributed by atoms with Gasteiger partial charge in [-0.05, 0) is 26.2 Å². The van der Waals surface area contributed by atoms with E-state index >= 15 is 0 Å². The van der Waals surface area contributed by atoms with Gasteiger partial charge in [-0.2, -0.15) is 5.10 Å². The number of aromatic nitrogens is 2. The molecule has 1 N–H and O–H groups in total. The van der Waals surface area contributed by atoms with Gasteiger partial charge in [-0.15, -0.1) is 0 Å². The zero-order valence-electron chi connectivity index (χ0n) is 14.2. The lowest BCUT2D eigenvalue weighted by Gasteiger charge is -2.32. The summed E-state index contributed by atoms with van der Waals surface area (Å²) in [6.07, 6.45) is 3.69. The second-order valence-electron chi connectivity index (χ2n) is 6.57. The molecule has 2 fully saturated rings. The second-order valence-corrected chi connectivity index (χ2v) is 6.57. The van der Waals surface area contributed by atoms with Gasteiger partial charge in [0.1, 0.15) is 6.04 Å². The Balaban J connectivity index is 1.67. The number of carbonyl (C=O) groups is 2. The number of amides is 2. The van der Waals surface area contributed by atoms with Crippen molar-refractivity contribution in [1.82, 2.24) is 15.1 Å². The molecule has 2 aliphatic rings. The number of piperidine rings is 1. The van der Waals surface area contributed by atoms with Crippen LogP contribution in [-0.2, 0) is 21.4 Å². The van der Waals surface area contributed by atoms with E-state index in [0.29, 0.717) is 31.8 Å². The molecule has 1 aromatic heterocycles. The molecule has 1 aromatic rings. The molecule has 3 rings (SSSR count). The standard InChI is InChI=1S/C17H24N4O3/c1-11(2)15-12(7-10-24-15)16(22)18-13-5-4-8-21(17(13)23)14-6-9-20(3)19-14/h6,9,12-13,15H,1,4-5,7-8,10H2,2-3H3,(H,18,22)/t12-,13?,15-/m1/s1. The molecule has 1 unspecified atom stereocenters. The Bertz CT molecular complexity index is 654. The third kappa shape index (κ3) is 3.21. The second kappa shape index (κ2) is 6.76. The largest absolute Gasteiger partial charge is 0.373 e. The van der Waals surface area contributed by atoms with Gasteiger partial charge < -0.3 is 10.1 Å². The van der Waals surface area contributed by atoms with Crippen LogP contribution in [0.15, 0.2) is 24.4 Å². The van der Waals surface area contributed by atoms with Gasteiger partial charge in [0, 0.05) is 32.5 Å². The maximum atomic E-state index is 12.7. The maximum absolute atomic E-state index is 12.7. The molecule has 0 aromatic carbocycles. The fourth-order valence-electron chi connectivity index (χ4n) is 3.41. The van der Waals surface area contributed by atoms with Gasteiger partial charge in [0.05, 0.1) is 12.0 Å². The molecule has 0 saturated carbocycles. The third-order valence-corrected chi connectivity index (χ3v) is 4.65. The Kier molecular flexibility index (Phi) is 4.71. The SMILES string of the molecule is C=C(C)[C@H]1OCC[C@H]1C(=O)NC1CCCN(c2ccn(C)n2)C1=O. The topological polar surface area (TPSA) is 76.5 Å². The molecule has 7 heteroatoms. The summed E-state index contributed by atoms with van der Waals surface area (Å²) in [5.74, 6) is 0.145. The van der Waals surface area contributed by atoms with E-state index in [1.165, 1.54) is 0 Å². The summed E-state index contributed by atoms with van der Waals surface area (Å²) in [5.41, 5.74) is 0.845. The van der Waals surface area contributed by atoms with Crippen LogP contribution in [0, 0.1) is 5.92 Å². The van der Waals surface area contributed by atoms with Crippen molar-refractivity contribution in [1.29, 1.82) is 0 Å². The molecule has 0 radical (unpaired) electrons. The zero-order chi connectivity index (χ0) is 17.3. The van der Waals surface area contributed by atoms with Gasteiger partial charge in [-0.3, -0.25) is 19.2 Å². The highest BCUT2D eigenvalue weighted by Crippen LogP contribution is 2.27. The minimum Gasteiger partial charge on any atom is -0.373 e. The maximum Gasteiger partial charge on any atom is 0.250 e. The highest BCUT2D eigenvalue weighted by Gasteiger charge is 2.38. The van der Waals surface area contributed by atoms with Crippen LogP contribution in [0.5, 0.6) is 0 Å². The first kappa shape index (κ1) is 16.7. The van der Waals surface area contributed by atoms with E-state index in [4.69, 9.17) is 4.74 Å². The van der Waals surface area contributed by atoms with E-state index in [1.54, 1.807) is 15.8 Å². The van der Waals surface area contributed by atoms with Crippen molar-refractivity contribution >= 4 is 17.6 Å². The summed E-state index contributed by atoms with van der Waals surface area (Å²) in [6, 6.07) is 1.31. The van der Waals surface area contributed by atoms with E-state index in [1.807, 2.05) is 20.0 Å². The normalized spacial score (nSPS) is 27.3. The first-order valence-electron chi connectivity index (χ1n) is 8.36. The molecule has 130 valence electrons. The van der Waals surface area contributed by atoms with Crippen molar-refractivity contribution in [3.05, 3.63) is 24.4 Å². The summed E-state index contributed by atoms with van der Waals surface area (Å²) >= 11 is 0. The van der Waals surface area contributed by atoms with E-state index in [0.717, 1.165) is 12.0 Å². The molecule has 0 aliphatic carbocycles. The van der Waals surface area contributed by atoms with Crippen LogP contribution in [0.2, 0.25) is 0 Å². The first-order valence-corrected chi connectivity index (χ1v) is 8.36. The molecule has 24 heavy (non-hydrogen) atoms. The summed E-state index contributed by atoms with van der Waals surface area (Å²) < 4.78 is 7.25. The molecule has 2 saturated heterocycles. The minimum absolute atomic E-state index is 0.0981. The van der Waals surface area contributed by atoms with Crippen molar-refractivity contribution in [2.45, 2.75) is 38.3 Å². The number of hydrogen-bond donors (Lipinski definition) is 1. The van der Waals surface area contributed by atoms with E-state index in [9.17, 15) is 9.59 Å². The predicted octanol–water partition coefficient (Wildman–Crippen LogP) is 1.01. The van der Waals surface area contributed by atoms with Crippen LogP contribution < -0.4 is 10.2 Å². The van der Waals surface area contributed by atoms with Gasteiger partial charge >= 0.3 is 0 Å². The summed E-state index contributed by atoms with van der Waals surface area (Å²) in [6.45, 7) is 6.94. The molecular weight excluding hydrogens is 308 g/mol. The van der Waals surface area contributed by atoms with Crippen LogP contribution in [0.25, 0.3) is 0 Å². The third-order valence-electron chi connectivity index (χ3n) is 4.65. The smallest absolute Gasteiger partial charge is 0.250 e. The molecule has 3 heterocycles. The van der Waals surface area contributed by atoms with Gasteiger partial charge in [-0.25, -0.2) is 0 Å². The number of aryl methyl sites for hydroxylation is 1. The fourth-order valence-corrected chi connectivity index (χ4v) is 3.41. The van der Waals surface area contributed by atoms with Gasteiger partial charge in [0.25, 0.3) is 5.91 Å². The van der Waals surface area contributed by atoms with Crippen LogP contribution in [0.3, 0.4) is 0 Å². The number of ether oxygens (including phenoxy) is 1. The Morgan fingerprint density at radius 3 is 2.92 bits per heavy atom. The van der Waals surface area contributed by atoms with E-state index in [2.05, 4.69) is 17.0 Å². The number of anilines is 1. The van der Waals surface area contributed by atoms with Crippen LogP contribution in [-0.4, -0.2) is 46.9 Å². The molecule has 7 nitrogen and oxygen atoms in total.